The molecule has 1 aromatic rings. The molecule has 1 aliphatic rings. The van der Waals surface area contributed by atoms with E-state index in [0.29, 0.717) is 30.6 Å². The highest BCUT2D eigenvalue weighted by molar-refractivity contribution is 7.89. The molecule has 2 rings (SSSR count). The average Bonchev–Trinajstić information content (AvgIpc) is 3.07. The summed E-state index contributed by atoms with van der Waals surface area (Å²) in [7, 11) is -1.58. The van der Waals surface area contributed by atoms with Gasteiger partial charge in [-0.3, -0.25) is 4.90 Å². The van der Waals surface area contributed by atoms with Gasteiger partial charge in [0.25, 0.3) is 0 Å². The molecule has 0 bridgehead atoms. The van der Waals surface area contributed by atoms with Gasteiger partial charge in [-0.15, -0.1) is 0 Å². The fourth-order valence-electron chi connectivity index (χ4n) is 3.04. The van der Waals surface area contributed by atoms with E-state index < -0.39 is 10.0 Å². The first-order chi connectivity index (χ1) is 9.93. The van der Waals surface area contributed by atoms with Crippen LogP contribution in [0.5, 0.6) is 0 Å². The number of rotatable bonds is 6. The fraction of sp³-hybridized carbons (Fsp3) is 0.714. The molecule has 1 aliphatic heterocycles. The Kier molecular flexibility index (Phi) is 5.08. The lowest BCUT2D eigenvalue weighted by Gasteiger charge is -2.25. The van der Waals surface area contributed by atoms with Gasteiger partial charge in [0.1, 0.15) is 4.90 Å². The van der Waals surface area contributed by atoms with Crippen LogP contribution in [0.1, 0.15) is 26.0 Å². The minimum Gasteiger partial charge on any atom is -0.352 e. The Morgan fingerprint density at radius 3 is 2.57 bits per heavy atom. The highest BCUT2D eigenvalue weighted by Crippen LogP contribution is 2.24. The summed E-state index contributed by atoms with van der Waals surface area (Å²) in [5, 5.41) is 0. The third kappa shape index (κ3) is 3.15. The summed E-state index contributed by atoms with van der Waals surface area (Å²) in [5.74, 6) is 0. The first-order valence-electron chi connectivity index (χ1n) is 7.53. The van der Waals surface area contributed by atoms with Crippen LogP contribution in [0, 0.1) is 0 Å². The van der Waals surface area contributed by atoms with Crippen LogP contribution in [0.25, 0.3) is 0 Å². The van der Waals surface area contributed by atoms with E-state index >= 15 is 0 Å². The third-order valence-corrected chi connectivity index (χ3v) is 6.22. The minimum absolute atomic E-state index is 0.326. The molecule has 0 radical (unpaired) electrons. The molecule has 21 heavy (non-hydrogen) atoms. The molecule has 1 fully saturated rings. The van der Waals surface area contributed by atoms with Crippen molar-refractivity contribution >= 4 is 10.0 Å². The summed E-state index contributed by atoms with van der Waals surface area (Å²) in [6.45, 7) is 7.66. The van der Waals surface area contributed by atoms with Crippen molar-refractivity contribution in [1.29, 1.82) is 0 Å². The van der Waals surface area contributed by atoms with Gasteiger partial charge in [0, 0.05) is 44.6 Å². The predicted octanol–water partition coefficient (Wildman–Crippen LogP) is 0.589. The van der Waals surface area contributed by atoms with Gasteiger partial charge in [0.2, 0.25) is 10.0 Å². The largest absolute Gasteiger partial charge is 0.352 e. The van der Waals surface area contributed by atoms with E-state index in [1.165, 1.54) is 0 Å². The minimum atomic E-state index is -3.40. The average molecular weight is 314 g/mol. The summed E-state index contributed by atoms with van der Waals surface area (Å²) < 4.78 is 28.8. The van der Waals surface area contributed by atoms with Gasteiger partial charge in [0.05, 0.1) is 0 Å². The van der Waals surface area contributed by atoms with Crippen molar-refractivity contribution in [3.05, 3.63) is 18.0 Å². The topological polar surface area (TPSA) is 71.6 Å². The zero-order chi connectivity index (χ0) is 15.6. The number of likely N-dealkylation sites (N-methyl/N-ethyl adjacent to an activating group) is 1. The van der Waals surface area contributed by atoms with Crippen molar-refractivity contribution in [2.24, 2.45) is 12.8 Å². The van der Waals surface area contributed by atoms with Gasteiger partial charge in [-0.2, -0.15) is 4.31 Å². The Labute approximate surface area is 127 Å². The molecule has 0 amide bonds. The molecule has 0 aliphatic carbocycles. The second-order valence-electron chi connectivity index (χ2n) is 5.51. The molecule has 1 aromatic heterocycles. The van der Waals surface area contributed by atoms with E-state index in [4.69, 9.17) is 5.73 Å². The molecule has 0 aromatic carbocycles. The van der Waals surface area contributed by atoms with Crippen LogP contribution in [-0.4, -0.2) is 54.4 Å². The first kappa shape index (κ1) is 16.5. The summed E-state index contributed by atoms with van der Waals surface area (Å²) in [4.78, 5) is 2.68. The standard InChI is InChI=1S/C14H26N4O2S/c1-4-17(5-2)12-6-7-18(10-12)21(19,20)14-8-13(9-15)16(3)11-14/h8,11-12H,4-7,9-10,15H2,1-3H3. The number of hydrogen-bond donors (Lipinski definition) is 1. The van der Waals surface area contributed by atoms with Crippen LogP contribution < -0.4 is 5.73 Å². The lowest BCUT2D eigenvalue weighted by atomic mass is 10.2. The molecule has 120 valence electrons. The number of hydrogen-bond acceptors (Lipinski definition) is 4. The second kappa shape index (κ2) is 6.48. The molecule has 0 saturated carbocycles. The van der Waals surface area contributed by atoms with Gasteiger partial charge in [-0.25, -0.2) is 8.42 Å². The van der Waals surface area contributed by atoms with Crippen LogP contribution in [0.2, 0.25) is 0 Å². The molecule has 1 unspecified atom stereocenters. The van der Waals surface area contributed by atoms with E-state index in [-0.39, 0.29) is 0 Å². The smallest absolute Gasteiger partial charge is 0.244 e. The van der Waals surface area contributed by atoms with Gasteiger partial charge >= 0.3 is 0 Å². The van der Waals surface area contributed by atoms with E-state index in [1.807, 2.05) is 7.05 Å². The van der Waals surface area contributed by atoms with Crippen molar-refractivity contribution in [2.75, 3.05) is 26.2 Å². The van der Waals surface area contributed by atoms with E-state index in [0.717, 1.165) is 25.2 Å². The van der Waals surface area contributed by atoms with Gasteiger partial charge < -0.3 is 10.3 Å². The van der Waals surface area contributed by atoms with Crippen molar-refractivity contribution in [3.63, 3.8) is 0 Å². The zero-order valence-corrected chi connectivity index (χ0v) is 13.9. The van der Waals surface area contributed by atoms with Crippen molar-refractivity contribution in [1.82, 2.24) is 13.8 Å². The normalized spacial score (nSPS) is 20.5. The molecule has 0 spiro atoms. The summed E-state index contributed by atoms with van der Waals surface area (Å²) >= 11 is 0. The van der Waals surface area contributed by atoms with E-state index in [9.17, 15) is 8.42 Å². The van der Waals surface area contributed by atoms with Crippen LogP contribution in [0.3, 0.4) is 0 Å². The number of sulfonamides is 1. The Morgan fingerprint density at radius 2 is 2.05 bits per heavy atom. The molecule has 2 heterocycles. The number of aryl methyl sites for hydroxylation is 1. The van der Waals surface area contributed by atoms with Crippen LogP contribution in [-0.2, 0) is 23.6 Å². The van der Waals surface area contributed by atoms with Crippen molar-refractivity contribution in [3.8, 4) is 0 Å². The second-order valence-corrected chi connectivity index (χ2v) is 7.45. The molecule has 7 heteroatoms. The summed E-state index contributed by atoms with van der Waals surface area (Å²) in [5.41, 5.74) is 6.45. The SMILES string of the molecule is CCN(CC)C1CCN(S(=O)(=O)c2cc(CN)n(C)c2)C1. The number of nitrogens with zero attached hydrogens (tertiary/aromatic N) is 3. The van der Waals surface area contributed by atoms with Crippen LogP contribution in [0.15, 0.2) is 17.2 Å². The third-order valence-electron chi connectivity index (χ3n) is 4.38. The van der Waals surface area contributed by atoms with Crippen molar-refractivity contribution < 1.29 is 8.42 Å². The molecule has 6 nitrogen and oxygen atoms in total. The van der Waals surface area contributed by atoms with E-state index in [2.05, 4.69) is 18.7 Å². The zero-order valence-electron chi connectivity index (χ0n) is 13.1. The van der Waals surface area contributed by atoms with Crippen LogP contribution >= 0.6 is 0 Å². The summed E-state index contributed by atoms with van der Waals surface area (Å²) in [6, 6.07) is 2.01. The molecule has 1 saturated heterocycles. The molecular formula is C14H26N4O2S. The quantitative estimate of drug-likeness (QED) is 0.834. The Hall–Kier alpha value is -0.890. The van der Waals surface area contributed by atoms with Crippen molar-refractivity contribution in [2.45, 2.75) is 37.8 Å². The maximum Gasteiger partial charge on any atom is 0.244 e. The maximum atomic E-state index is 12.7. The lowest BCUT2D eigenvalue weighted by molar-refractivity contribution is 0.224. The Bertz CT molecular complexity index is 578. The summed E-state index contributed by atoms with van der Waals surface area (Å²) in [6.07, 6.45) is 2.56. The molecule has 2 N–H and O–H groups in total. The maximum absolute atomic E-state index is 12.7. The monoisotopic (exact) mass is 314 g/mol. The molecule has 1 atom stereocenters. The highest BCUT2D eigenvalue weighted by Gasteiger charge is 2.35. The first-order valence-corrected chi connectivity index (χ1v) is 8.97. The number of nitrogens with two attached hydrogens (primary N) is 1. The lowest BCUT2D eigenvalue weighted by Crippen LogP contribution is -2.38. The van der Waals surface area contributed by atoms with E-state index in [1.54, 1.807) is 21.1 Å². The predicted molar refractivity (Wildman–Crippen MR) is 83.4 cm³/mol. The number of aromatic nitrogens is 1. The van der Waals surface area contributed by atoms with Crippen LogP contribution in [0.4, 0.5) is 0 Å². The van der Waals surface area contributed by atoms with Gasteiger partial charge in [-0.05, 0) is 25.6 Å². The Balaban J connectivity index is 2.17. The highest BCUT2D eigenvalue weighted by atomic mass is 32.2. The molecular weight excluding hydrogens is 288 g/mol. The Morgan fingerprint density at radius 1 is 1.38 bits per heavy atom. The fourth-order valence-corrected chi connectivity index (χ4v) is 4.63. The van der Waals surface area contributed by atoms with Gasteiger partial charge in [0.15, 0.2) is 0 Å². The van der Waals surface area contributed by atoms with Gasteiger partial charge in [-0.1, -0.05) is 13.8 Å².